The largest absolute Gasteiger partial charge is 0.482 e. The molecular formula is C23H20N4O4. The Morgan fingerprint density at radius 3 is 2.68 bits per heavy atom. The first-order valence-electron chi connectivity index (χ1n) is 10.1. The molecule has 31 heavy (non-hydrogen) atoms. The van der Waals surface area contributed by atoms with E-state index < -0.39 is 11.8 Å². The van der Waals surface area contributed by atoms with Crippen LogP contribution in [-0.4, -0.2) is 35.9 Å². The van der Waals surface area contributed by atoms with Gasteiger partial charge in [0.25, 0.3) is 17.7 Å². The third-order valence-corrected chi connectivity index (χ3v) is 5.40. The first kappa shape index (κ1) is 19.0. The predicted molar refractivity (Wildman–Crippen MR) is 114 cm³/mol. The zero-order valence-electron chi connectivity index (χ0n) is 16.6. The molecule has 3 aromatic rings. The van der Waals surface area contributed by atoms with Crippen LogP contribution in [0.3, 0.4) is 0 Å². The minimum atomic E-state index is -0.515. The van der Waals surface area contributed by atoms with E-state index in [0.717, 1.165) is 29.4 Å². The number of carbonyl (C=O) groups excluding carboxylic acids is 3. The average Bonchev–Trinajstić information content (AvgIpc) is 3.64. The van der Waals surface area contributed by atoms with E-state index in [4.69, 9.17) is 4.74 Å². The molecule has 2 heterocycles. The van der Waals surface area contributed by atoms with E-state index in [0.29, 0.717) is 22.9 Å². The maximum atomic E-state index is 12.9. The lowest BCUT2D eigenvalue weighted by Crippen LogP contribution is -2.49. The molecule has 0 saturated heterocycles. The number of nitrogens with zero attached hydrogens (tertiary/aromatic N) is 2. The van der Waals surface area contributed by atoms with E-state index >= 15 is 0 Å². The van der Waals surface area contributed by atoms with Crippen molar-refractivity contribution in [1.29, 1.82) is 0 Å². The molecule has 0 unspecified atom stereocenters. The molecule has 2 aromatic carbocycles. The topological polar surface area (TPSA) is 101 Å². The van der Waals surface area contributed by atoms with Gasteiger partial charge < -0.3 is 4.74 Å². The number of hydrogen-bond acceptors (Lipinski definition) is 5. The van der Waals surface area contributed by atoms with Gasteiger partial charge in [0.15, 0.2) is 6.61 Å². The Hall–Kier alpha value is -3.94. The maximum Gasteiger partial charge on any atom is 0.270 e. The third kappa shape index (κ3) is 3.79. The van der Waals surface area contributed by atoms with Gasteiger partial charge in [-0.2, -0.15) is 0 Å². The van der Waals surface area contributed by atoms with Gasteiger partial charge in [-0.15, -0.1) is 0 Å². The minimum Gasteiger partial charge on any atom is -0.482 e. The highest BCUT2D eigenvalue weighted by atomic mass is 16.5. The fraction of sp³-hybridized carbons (Fsp3) is 0.217. The van der Waals surface area contributed by atoms with Crippen LogP contribution in [0.1, 0.15) is 34.8 Å². The number of fused-ring (bicyclic) bond motifs is 2. The van der Waals surface area contributed by atoms with Gasteiger partial charge in [0.1, 0.15) is 12.3 Å². The molecule has 0 bridgehead atoms. The Morgan fingerprint density at radius 2 is 1.84 bits per heavy atom. The van der Waals surface area contributed by atoms with Crippen LogP contribution in [0.15, 0.2) is 54.6 Å². The van der Waals surface area contributed by atoms with Crippen molar-refractivity contribution in [3.05, 3.63) is 65.9 Å². The molecule has 1 aromatic heterocycles. The summed E-state index contributed by atoms with van der Waals surface area (Å²) in [5.74, 6) is -0.343. The molecule has 1 saturated carbocycles. The van der Waals surface area contributed by atoms with Crippen LogP contribution >= 0.6 is 0 Å². The SMILES string of the molecule is O=C(CN1C(=O)COc2ccccc21)NNC(=O)c1cc(C2CC2)nc2ccccc12. The first-order valence-corrected chi connectivity index (χ1v) is 10.1. The molecule has 8 nitrogen and oxygen atoms in total. The number of anilines is 1. The lowest BCUT2D eigenvalue weighted by Gasteiger charge is -2.28. The number of ether oxygens (including phenoxy) is 1. The Bertz CT molecular complexity index is 1210. The zero-order valence-corrected chi connectivity index (χ0v) is 16.6. The predicted octanol–water partition coefficient (Wildman–Crippen LogP) is 2.30. The lowest BCUT2D eigenvalue weighted by atomic mass is 10.1. The van der Waals surface area contributed by atoms with E-state index in [2.05, 4.69) is 15.8 Å². The molecule has 0 spiro atoms. The summed E-state index contributed by atoms with van der Waals surface area (Å²) in [5.41, 5.74) is 7.51. The lowest BCUT2D eigenvalue weighted by molar-refractivity contribution is -0.125. The standard InChI is InChI=1S/C23H20N4O4/c28-21(12-27-19-7-3-4-8-20(19)31-13-22(27)29)25-26-23(30)16-11-18(14-9-10-14)24-17-6-2-1-5-15(16)17/h1-8,11,14H,9-10,12-13H2,(H,25,28)(H,26,30). The smallest absolute Gasteiger partial charge is 0.270 e. The maximum absolute atomic E-state index is 12.9. The van der Waals surface area contributed by atoms with Crippen molar-refractivity contribution in [2.24, 2.45) is 0 Å². The number of hydrazine groups is 1. The van der Waals surface area contributed by atoms with Gasteiger partial charge >= 0.3 is 0 Å². The van der Waals surface area contributed by atoms with Crippen LogP contribution in [-0.2, 0) is 9.59 Å². The molecule has 0 radical (unpaired) electrons. The number of pyridine rings is 1. The van der Waals surface area contributed by atoms with Gasteiger partial charge in [0.2, 0.25) is 0 Å². The molecular weight excluding hydrogens is 396 g/mol. The minimum absolute atomic E-state index is 0.135. The normalized spacial score (nSPS) is 15.2. The third-order valence-electron chi connectivity index (χ3n) is 5.40. The molecule has 8 heteroatoms. The monoisotopic (exact) mass is 416 g/mol. The van der Waals surface area contributed by atoms with Gasteiger partial charge in [0, 0.05) is 17.0 Å². The van der Waals surface area contributed by atoms with Crippen molar-refractivity contribution in [3.8, 4) is 5.75 Å². The number of nitrogens with one attached hydrogen (secondary N) is 2. The Morgan fingerprint density at radius 1 is 1.06 bits per heavy atom. The van der Waals surface area contributed by atoms with Crippen molar-refractivity contribution in [1.82, 2.24) is 15.8 Å². The molecule has 156 valence electrons. The number of amides is 3. The fourth-order valence-electron chi connectivity index (χ4n) is 3.68. The number of carbonyl (C=O) groups is 3. The first-order chi connectivity index (χ1) is 15.1. The van der Waals surface area contributed by atoms with E-state index in [-0.39, 0.29) is 19.1 Å². The summed E-state index contributed by atoms with van der Waals surface area (Å²) in [6, 6.07) is 16.2. The molecule has 1 fully saturated rings. The van der Waals surface area contributed by atoms with Crippen LogP contribution in [0.2, 0.25) is 0 Å². The summed E-state index contributed by atoms with van der Waals surface area (Å²) in [6.07, 6.45) is 2.14. The molecule has 1 aliphatic heterocycles. The van der Waals surface area contributed by atoms with Gasteiger partial charge in [-0.25, -0.2) is 0 Å². The highest BCUT2D eigenvalue weighted by molar-refractivity contribution is 6.07. The summed E-state index contributed by atoms with van der Waals surface area (Å²) in [6.45, 7) is -0.368. The van der Waals surface area contributed by atoms with Gasteiger partial charge in [-0.3, -0.25) is 35.1 Å². The second kappa shape index (κ2) is 7.71. The van der Waals surface area contributed by atoms with E-state index in [9.17, 15) is 14.4 Å². The van der Waals surface area contributed by atoms with Crippen LogP contribution in [0.4, 0.5) is 5.69 Å². The Kier molecular flexibility index (Phi) is 4.74. The summed E-state index contributed by atoms with van der Waals surface area (Å²) in [4.78, 5) is 43.6. The van der Waals surface area contributed by atoms with Crippen molar-refractivity contribution in [3.63, 3.8) is 0 Å². The van der Waals surface area contributed by atoms with Crippen LogP contribution < -0.4 is 20.5 Å². The van der Waals surface area contributed by atoms with Crippen molar-refractivity contribution in [2.75, 3.05) is 18.1 Å². The van der Waals surface area contributed by atoms with Crippen LogP contribution in [0.25, 0.3) is 10.9 Å². The number of hydrogen-bond donors (Lipinski definition) is 2. The molecule has 1 aliphatic carbocycles. The molecule has 5 rings (SSSR count). The number of benzene rings is 2. The Labute approximate surface area is 178 Å². The molecule has 0 atom stereocenters. The number of para-hydroxylation sites is 3. The number of aromatic nitrogens is 1. The Balaban J connectivity index is 1.30. The summed E-state index contributed by atoms with van der Waals surface area (Å²) in [5, 5.41) is 0.718. The number of rotatable bonds is 4. The van der Waals surface area contributed by atoms with Gasteiger partial charge in [-0.05, 0) is 37.1 Å². The van der Waals surface area contributed by atoms with E-state index in [1.165, 1.54) is 4.90 Å². The zero-order chi connectivity index (χ0) is 21.4. The van der Waals surface area contributed by atoms with Crippen LogP contribution in [0.5, 0.6) is 5.75 Å². The summed E-state index contributed by atoms with van der Waals surface area (Å²) < 4.78 is 5.38. The molecule has 2 aliphatic rings. The highest BCUT2D eigenvalue weighted by Gasteiger charge is 2.28. The van der Waals surface area contributed by atoms with E-state index in [1.807, 2.05) is 24.3 Å². The van der Waals surface area contributed by atoms with E-state index in [1.54, 1.807) is 30.3 Å². The van der Waals surface area contributed by atoms with Gasteiger partial charge in [-0.1, -0.05) is 30.3 Å². The van der Waals surface area contributed by atoms with Gasteiger partial charge in [0.05, 0.1) is 16.8 Å². The summed E-state index contributed by atoms with van der Waals surface area (Å²) in [7, 11) is 0. The van der Waals surface area contributed by atoms with Crippen LogP contribution in [0, 0.1) is 0 Å². The quantitative estimate of drug-likeness (QED) is 0.636. The second-order valence-electron chi connectivity index (χ2n) is 7.62. The average molecular weight is 416 g/mol. The summed E-state index contributed by atoms with van der Waals surface area (Å²) >= 11 is 0. The van der Waals surface area contributed by atoms with Crippen molar-refractivity contribution < 1.29 is 19.1 Å². The molecule has 2 N–H and O–H groups in total. The van der Waals surface area contributed by atoms with Crippen molar-refractivity contribution in [2.45, 2.75) is 18.8 Å². The van der Waals surface area contributed by atoms with Crippen molar-refractivity contribution >= 4 is 34.3 Å². The fourth-order valence-corrected chi connectivity index (χ4v) is 3.68. The second-order valence-corrected chi connectivity index (χ2v) is 7.62. The highest BCUT2D eigenvalue weighted by Crippen LogP contribution is 2.40. The molecule has 3 amide bonds.